The summed E-state index contributed by atoms with van der Waals surface area (Å²) in [6, 6.07) is 10.4. The molecule has 2 heterocycles. The zero-order valence-electron chi connectivity index (χ0n) is 10.9. The van der Waals surface area contributed by atoms with Gasteiger partial charge in [-0.2, -0.15) is 0 Å². The van der Waals surface area contributed by atoms with Gasteiger partial charge in [0.25, 0.3) is 0 Å². The summed E-state index contributed by atoms with van der Waals surface area (Å²) >= 11 is 5.44. The third-order valence-electron chi connectivity index (χ3n) is 3.79. The summed E-state index contributed by atoms with van der Waals surface area (Å²) in [5.74, 6) is 0.385. The Labute approximate surface area is 118 Å². The molecule has 2 aromatic rings. The van der Waals surface area contributed by atoms with E-state index in [1.54, 1.807) is 0 Å². The van der Waals surface area contributed by atoms with Crippen molar-refractivity contribution in [3.8, 4) is 5.88 Å². The van der Waals surface area contributed by atoms with Crippen LogP contribution in [0.3, 0.4) is 0 Å². The maximum atomic E-state index is 10.2. The van der Waals surface area contributed by atoms with Gasteiger partial charge in [-0.05, 0) is 43.5 Å². The monoisotopic (exact) mass is 274 g/mol. The molecule has 1 aliphatic rings. The van der Waals surface area contributed by atoms with E-state index in [-0.39, 0.29) is 0 Å². The third-order valence-corrected chi connectivity index (χ3v) is 4.23. The molecule has 0 saturated heterocycles. The normalized spacial score (nSPS) is 13.7. The van der Waals surface area contributed by atoms with E-state index in [2.05, 4.69) is 28.8 Å². The molecule has 0 spiro atoms. The first-order valence-corrected chi connectivity index (χ1v) is 7.23. The lowest BCUT2D eigenvalue weighted by molar-refractivity contribution is 0.406. The molecule has 3 nitrogen and oxygen atoms in total. The summed E-state index contributed by atoms with van der Waals surface area (Å²) in [5.41, 5.74) is 2.35. The number of aryl methyl sites for hydroxylation is 1. The van der Waals surface area contributed by atoms with Crippen LogP contribution in [0.25, 0.3) is 0 Å². The smallest absolute Gasteiger partial charge is 0.213 e. The summed E-state index contributed by atoms with van der Waals surface area (Å²) in [6.45, 7) is 1.74. The van der Waals surface area contributed by atoms with Crippen molar-refractivity contribution >= 4 is 12.2 Å². The van der Waals surface area contributed by atoms with Gasteiger partial charge in [-0.15, -0.1) is 0 Å². The quantitative estimate of drug-likeness (QED) is 0.867. The van der Waals surface area contributed by atoms with Crippen molar-refractivity contribution in [1.82, 2.24) is 9.13 Å². The summed E-state index contributed by atoms with van der Waals surface area (Å²) < 4.78 is 4.73. The maximum Gasteiger partial charge on any atom is 0.213 e. The molecule has 1 aromatic carbocycles. The second-order valence-corrected chi connectivity index (χ2v) is 5.41. The molecular weight excluding hydrogens is 256 g/mol. The second-order valence-electron chi connectivity index (χ2n) is 5.05. The Morgan fingerprint density at radius 1 is 1.21 bits per heavy atom. The number of hydrogen-bond acceptors (Lipinski definition) is 2. The van der Waals surface area contributed by atoms with Crippen molar-refractivity contribution in [2.45, 2.75) is 38.8 Å². The number of benzene rings is 1. The van der Waals surface area contributed by atoms with Crippen LogP contribution in [-0.4, -0.2) is 14.2 Å². The molecular formula is C15H18N2OS. The predicted octanol–water partition coefficient (Wildman–Crippen LogP) is 3.30. The molecule has 0 fully saturated rings. The van der Waals surface area contributed by atoms with Crippen LogP contribution in [0.5, 0.6) is 5.88 Å². The molecule has 19 heavy (non-hydrogen) atoms. The number of nitrogens with zero attached hydrogens (tertiary/aromatic N) is 2. The molecule has 4 heteroatoms. The number of rotatable bonds is 4. The summed E-state index contributed by atoms with van der Waals surface area (Å²) in [6.07, 6.45) is 4.05. The standard InChI is InChI=1S/C15H18N2OS/c18-14-13-9-5-10-16(13)15(19)17(14)11-4-8-12-6-2-1-3-7-12/h1-3,6-7,18H,4-5,8-11H2. The summed E-state index contributed by atoms with van der Waals surface area (Å²) in [4.78, 5) is 0. The van der Waals surface area contributed by atoms with Gasteiger partial charge in [0, 0.05) is 13.1 Å². The van der Waals surface area contributed by atoms with E-state index >= 15 is 0 Å². The molecule has 0 radical (unpaired) electrons. The number of hydrogen-bond donors (Lipinski definition) is 1. The van der Waals surface area contributed by atoms with Crippen LogP contribution >= 0.6 is 12.2 Å². The highest BCUT2D eigenvalue weighted by molar-refractivity contribution is 7.71. The van der Waals surface area contributed by atoms with Crippen molar-refractivity contribution in [1.29, 1.82) is 0 Å². The van der Waals surface area contributed by atoms with E-state index in [4.69, 9.17) is 12.2 Å². The van der Waals surface area contributed by atoms with Crippen LogP contribution in [0.2, 0.25) is 0 Å². The van der Waals surface area contributed by atoms with Crippen LogP contribution in [0, 0.1) is 4.77 Å². The fraction of sp³-hybridized carbons (Fsp3) is 0.400. The Bertz CT molecular complexity index is 628. The first kappa shape index (κ1) is 12.5. The molecule has 0 amide bonds. The molecule has 0 saturated carbocycles. The van der Waals surface area contributed by atoms with E-state index in [1.807, 2.05) is 10.6 Å². The predicted molar refractivity (Wildman–Crippen MR) is 78.0 cm³/mol. The molecule has 1 aromatic heterocycles. The van der Waals surface area contributed by atoms with Gasteiger partial charge in [-0.25, -0.2) is 0 Å². The minimum absolute atomic E-state index is 0.385. The van der Waals surface area contributed by atoms with Gasteiger partial charge < -0.3 is 9.67 Å². The van der Waals surface area contributed by atoms with Crippen LogP contribution in [-0.2, 0) is 25.9 Å². The number of aromatic nitrogens is 2. The molecule has 0 unspecified atom stereocenters. The van der Waals surface area contributed by atoms with E-state index in [0.717, 1.165) is 49.2 Å². The van der Waals surface area contributed by atoms with E-state index in [9.17, 15) is 5.11 Å². The van der Waals surface area contributed by atoms with Gasteiger partial charge >= 0.3 is 0 Å². The first-order valence-electron chi connectivity index (χ1n) is 6.82. The minimum Gasteiger partial charge on any atom is -0.493 e. The fourth-order valence-corrected chi connectivity index (χ4v) is 3.18. The third kappa shape index (κ3) is 2.32. The average Bonchev–Trinajstić information content (AvgIpc) is 2.99. The van der Waals surface area contributed by atoms with Crippen molar-refractivity contribution in [3.63, 3.8) is 0 Å². The van der Waals surface area contributed by atoms with Crippen molar-refractivity contribution < 1.29 is 5.11 Å². The lowest BCUT2D eigenvalue weighted by atomic mass is 10.1. The SMILES string of the molecule is Oc1c2n(c(=S)n1CCCc1ccccc1)CCC2. The lowest BCUT2D eigenvalue weighted by Gasteiger charge is -2.05. The largest absolute Gasteiger partial charge is 0.493 e. The first-order chi connectivity index (χ1) is 9.27. The molecule has 0 bridgehead atoms. The number of aromatic hydroxyl groups is 1. The van der Waals surface area contributed by atoms with Gasteiger partial charge in [0.05, 0.1) is 5.69 Å². The number of fused-ring (bicyclic) bond motifs is 1. The average molecular weight is 274 g/mol. The summed E-state index contributed by atoms with van der Waals surface area (Å²) in [7, 11) is 0. The van der Waals surface area contributed by atoms with E-state index in [0.29, 0.717) is 5.88 Å². The topological polar surface area (TPSA) is 30.1 Å². The minimum atomic E-state index is 0.385. The molecule has 0 aliphatic carbocycles. The van der Waals surface area contributed by atoms with Gasteiger partial charge in [-0.3, -0.25) is 4.57 Å². The van der Waals surface area contributed by atoms with E-state index in [1.165, 1.54) is 5.56 Å². The van der Waals surface area contributed by atoms with Crippen molar-refractivity contribution in [3.05, 3.63) is 46.4 Å². The van der Waals surface area contributed by atoms with Gasteiger partial charge in [0.2, 0.25) is 5.88 Å². The Balaban J connectivity index is 1.70. The zero-order valence-corrected chi connectivity index (χ0v) is 11.7. The number of imidazole rings is 1. The van der Waals surface area contributed by atoms with Gasteiger partial charge in [0.15, 0.2) is 4.77 Å². The fourth-order valence-electron chi connectivity index (χ4n) is 2.80. The maximum absolute atomic E-state index is 10.2. The van der Waals surface area contributed by atoms with Gasteiger partial charge in [-0.1, -0.05) is 30.3 Å². The molecule has 3 rings (SSSR count). The zero-order chi connectivity index (χ0) is 13.2. The Hall–Kier alpha value is -1.55. The van der Waals surface area contributed by atoms with Crippen molar-refractivity contribution in [2.24, 2.45) is 0 Å². The Morgan fingerprint density at radius 3 is 2.74 bits per heavy atom. The van der Waals surface area contributed by atoms with E-state index < -0.39 is 0 Å². The molecule has 1 N–H and O–H groups in total. The van der Waals surface area contributed by atoms with Crippen LogP contribution in [0.15, 0.2) is 30.3 Å². The molecule has 1 aliphatic heterocycles. The Morgan fingerprint density at radius 2 is 2.00 bits per heavy atom. The van der Waals surface area contributed by atoms with Crippen LogP contribution in [0.4, 0.5) is 0 Å². The molecule has 100 valence electrons. The Kier molecular flexibility index (Phi) is 3.42. The highest BCUT2D eigenvalue weighted by Gasteiger charge is 2.20. The highest BCUT2D eigenvalue weighted by Crippen LogP contribution is 2.27. The second kappa shape index (κ2) is 5.21. The lowest BCUT2D eigenvalue weighted by Crippen LogP contribution is -2.02. The van der Waals surface area contributed by atoms with Gasteiger partial charge in [0.1, 0.15) is 0 Å². The van der Waals surface area contributed by atoms with Crippen molar-refractivity contribution in [2.75, 3.05) is 0 Å². The van der Waals surface area contributed by atoms with Crippen LogP contribution < -0.4 is 0 Å². The molecule has 0 atom stereocenters. The summed E-state index contributed by atoms with van der Waals surface area (Å²) in [5, 5.41) is 10.2. The van der Waals surface area contributed by atoms with Crippen LogP contribution in [0.1, 0.15) is 24.1 Å². The highest BCUT2D eigenvalue weighted by atomic mass is 32.1.